The third-order valence-electron chi connectivity index (χ3n) is 1.94. The molecule has 15 heavy (non-hydrogen) atoms. The van der Waals surface area contributed by atoms with E-state index in [4.69, 9.17) is 5.11 Å². The summed E-state index contributed by atoms with van der Waals surface area (Å²) >= 11 is 0. The van der Waals surface area contributed by atoms with Crippen LogP contribution in [-0.2, 0) is 11.2 Å². The molecule has 0 aliphatic carbocycles. The molecule has 1 rings (SSSR count). The molecule has 5 heteroatoms. The van der Waals surface area contributed by atoms with Gasteiger partial charge in [0.15, 0.2) is 11.5 Å². The first kappa shape index (κ1) is 11.2. The largest absolute Gasteiger partial charge is 0.508 e. The molecule has 82 valence electrons. The second kappa shape index (κ2) is 4.54. The fraction of sp³-hybridized carbons (Fsp3) is 0.300. The molecule has 0 bridgehead atoms. The summed E-state index contributed by atoms with van der Waals surface area (Å²) in [5.74, 6) is -0.908. The number of amides is 1. The highest BCUT2D eigenvalue weighted by atomic mass is 16.3. The van der Waals surface area contributed by atoms with Gasteiger partial charge in [-0.1, -0.05) is 0 Å². The van der Waals surface area contributed by atoms with Crippen LogP contribution in [0.25, 0.3) is 0 Å². The molecule has 0 saturated carbocycles. The standard InChI is InChI=1S/C10H13NO4/c1-6(12)11-3-2-7-4-9(14)10(15)5-8(7)13/h4-5,13-15H,2-3H2,1H3,(H,11,12). The second-order valence-electron chi connectivity index (χ2n) is 3.20. The summed E-state index contributed by atoms with van der Waals surface area (Å²) in [7, 11) is 0. The number of rotatable bonds is 3. The van der Waals surface area contributed by atoms with Gasteiger partial charge < -0.3 is 20.6 Å². The van der Waals surface area contributed by atoms with Crippen LogP contribution in [-0.4, -0.2) is 27.8 Å². The van der Waals surface area contributed by atoms with Gasteiger partial charge in [-0.3, -0.25) is 4.79 Å². The minimum absolute atomic E-state index is 0.101. The van der Waals surface area contributed by atoms with Crippen LogP contribution in [0.4, 0.5) is 0 Å². The van der Waals surface area contributed by atoms with Gasteiger partial charge in [-0.15, -0.1) is 0 Å². The van der Waals surface area contributed by atoms with Crippen molar-refractivity contribution in [2.45, 2.75) is 13.3 Å². The molecule has 0 unspecified atom stereocenters. The third kappa shape index (κ3) is 3.05. The summed E-state index contributed by atoms with van der Waals surface area (Å²) in [6.07, 6.45) is 0.388. The van der Waals surface area contributed by atoms with Crippen molar-refractivity contribution in [1.29, 1.82) is 0 Å². The van der Waals surface area contributed by atoms with Crippen LogP contribution in [0.5, 0.6) is 17.2 Å². The topological polar surface area (TPSA) is 89.8 Å². The Morgan fingerprint density at radius 3 is 2.40 bits per heavy atom. The average Bonchev–Trinajstić information content (AvgIpc) is 2.13. The van der Waals surface area contributed by atoms with Crippen molar-refractivity contribution in [1.82, 2.24) is 5.32 Å². The van der Waals surface area contributed by atoms with Crippen LogP contribution in [0.3, 0.4) is 0 Å². The number of carbonyl (C=O) groups excluding carboxylic acids is 1. The molecule has 1 aromatic carbocycles. The van der Waals surface area contributed by atoms with Crippen molar-refractivity contribution in [3.63, 3.8) is 0 Å². The number of hydrogen-bond acceptors (Lipinski definition) is 4. The molecule has 0 fully saturated rings. The fourth-order valence-electron chi connectivity index (χ4n) is 1.18. The molecule has 0 aliphatic heterocycles. The van der Waals surface area contributed by atoms with Crippen LogP contribution in [0.2, 0.25) is 0 Å². The van der Waals surface area contributed by atoms with Gasteiger partial charge in [-0.25, -0.2) is 0 Å². The van der Waals surface area contributed by atoms with E-state index in [-0.39, 0.29) is 23.2 Å². The van der Waals surface area contributed by atoms with Gasteiger partial charge in [0, 0.05) is 19.5 Å². The second-order valence-corrected chi connectivity index (χ2v) is 3.20. The maximum atomic E-state index is 10.6. The number of nitrogens with one attached hydrogen (secondary N) is 1. The Morgan fingerprint density at radius 1 is 1.20 bits per heavy atom. The molecule has 0 atom stereocenters. The summed E-state index contributed by atoms with van der Waals surface area (Å²) in [5, 5.41) is 30.2. The molecule has 1 aromatic rings. The zero-order valence-corrected chi connectivity index (χ0v) is 8.32. The molecule has 0 heterocycles. The zero-order chi connectivity index (χ0) is 11.4. The molecular weight excluding hydrogens is 198 g/mol. The van der Waals surface area contributed by atoms with Crippen molar-refractivity contribution in [3.05, 3.63) is 17.7 Å². The lowest BCUT2D eigenvalue weighted by Gasteiger charge is -2.07. The summed E-state index contributed by atoms with van der Waals surface area (Å²) in [5.41, 5.74) is 0.471. The lowest BCUT2D eigenvalue weighted by molar-refractivity contribution is -0.118. The van der Waals surface area contributed by atoms with Crippen molar-refractivity contribution in [2.75, 3.05) is 6.54 Å². The monoisotopic (exact) mass is 211 g/mol. The number of carbonyl (C=O) groups is 1. The van der Waals surface area contributed by atoms with E-state index in [1.54, 1.807) is 0 Å². The molecule has 5 nitrogen and oxygen atoms in total. The Morgan fingerprint density at radius 2 is 1.80 bits per heavy atom. The minimum atomic E-state index is -0.365. The van der Waals surface area contributed by atoms with Crippen molar-refractivity contribution in [3.8, 4) is 17.2 Å². The summed E-state index contributed by atoms with van der Waals surface area (Å²) in [4.78, 5) is 10.6. The van der Waals surface area contributed by atoms with E-state index in [1.807, 2.05) is 0 Å². The summed E-state index contributed by atoms with van der Waals surface area (Å²) in [6.45, 7) is 1.77. The normalized spacial score (nSPS) is 9.93. The molecule has 0 aliphatic rings. The van der Waals surface area contributed by atoms with Crippen molar-refractivity contribution in [2.24, 2.45) is 0 Å². The third-order valence-corrected chi connectivity index (χ3v) is 1.94. The molecule has 4 N–H and O–H groups in total. The van der Waals surface area contributed by atoms with Crippen molar-refractivity contribution >= 4 is 5.91 Å². The van der Waals surface area contributed by atoms with Crippen LogP contribution >= 0.6 is 0 Å². The predicted molar refractivity (Wildman–Crippen MR) is 53.8 cm³/mol. The molecular formula is C10H13NO4. The minimum Gasteiger partial charge on any atom is -0.508 e. The number of aromatic hydroxyl groups is 3. The van der Waals surface area contributed by atoms with E-state index in [9.17, 15) is 15.0 Å². The highest BCUT2D eigenvalue weighted by molar-refractivity contribution is 5.72. The zero-order valence-electron chi connectivity index (χ0n) is 8.32. The quantitative estimate of drug-likeness (QED) is 0.432. The van der Waals surface area contributed by atoms with Gasteiger partial charge in [0.2, 0.25) is 5.91 Å². The number of hydrogen-bond donors (Lipinski definition) is 4. The van der Waals surface area contributed by atoms with Gasteiger partial charge in [0.1, 0.15) is 5.75 Å². The molecule has 0 radical (unpaired) electrons. The van der Waals surface area contributed by atoms with Crippen molar-refractivity contribution < 1.29 is 20.1 Å². The lowest BCUT2D eigenvalue weighted by atomic mass is 10.1. The molecule has 0 spiro atoms. The van der Waals surface area contributed by atoms with E-state index in [0.717, 1.165) is 6.07 Å². The lowest BCUT2D eigenvalue weighted by Crippen LogP contribution is -2.22. The Hall–Kier alpha value is -1.91. The van der Waals surface area contributed by atoms with Crippen LogP contribution in [0.15, 0.2) is 12.1 Å². The van der Waals surface area contributed by atoms with Gasteiger partial charge in [-0.2, -0.15) is 0 Å². The maximum absolute atomic E-state index is 10.6. The summed E-state index contributed by atoms with van der Waals surface area (Å²) < 4.78 is 0. The first-order valence-corrected chi connectivity index (χ1v) is 4.49. The summed E-state index contributed by atoms with van der Waals surface area (Å²) in [6, 6.07) is 2.34. The smallest absolute Gasteiger partial charge is 0.216 e. The number of phenols is 3. The highest BCUT2D eigenvalue weighted by Crippen LogP contribution is 2.32. The van der Waals surface area contributed by atoms with E-state index < -0.39 is 0 Å². The molecule has 0 saturated heterocycles. The van der Waals surface area contributed by atoms with E-state index in [1.165, 1.54) is 13.0 Å². The van der Waals surface area contributed by atoms with E-state index in [0.29, 0.717) is 18.5 Å². The van der Waals surface area contributed by atoms with Gasteiger partial charge in [-0.05, 0) is 18.1 Å². The fourth-order valence-corrected chi connectivity index (χ4v) is 1.18. The van der Waals surface area contributed by atoms with E-state index >= 15 is 0 Å². The highest BCUT2D eigenvalue weighted by Gasteiger charge is 2.07. The Balaban J connectivity index is 2.69. The van der Waals surface area contributed by atoms with Gasteiger partial charge in [0.25, 0.3) is 0 Å². The Labute approximate surface area is 87.0 Å². The Kier molecular flexibility index (Phi) is 3.38. The first-order chi connectivity index (χ1) is 7.00. The predicted octanol–water partition coefficient (Wildman–Crippen LogP) is 0.482. The molecule has 0 aromatic heterocycles. The van der Waals surface area contributed by atoms with E-state index in [2.05, 4.69) is 5.32 Å². The SMILES string of the molecule is CC(=O)NCCc1cc(O)c(O)cc1O. The average molecular weight is 211 g/mol. The van der Waals surface area contributed by atoms with Gasteiger partial charge in [0.05, 0.1) is 0 Å². The Bertz CT molecular complexity index is 376. The first-order valence-electron chi connectivity index (χ1n) is 4.49. The number of phenolic OH excluding ortho intramolecular Hbond substituents is 3. The number of benzene rings is 1. The van der Waals surface area contributed by atoms with Crippen LogP contribution in [0, 0.1) is 0 Å². The van der Waals surface area contributed by atoms with Gasteiger partial charge >= 0.3 is 0 Å². The van der Waals surface area contributed by atoms with Crippen LogP contribution < -0.4 is 5.32 Å². The van der Waals surface area contributed by atoms with Crippen LogP contribution in [0.1, 0.15) is 12.5 Å². The molecule has 1 amide bonds. The maximum Gasteiger partial charge on any atom is 0.216 e.